The topological polar surface area (TPSA) is 124 Å². The lowest BCUT2D eigenvalue weighted by Crippen LogP contribution is -2.21. The van der Waals surface area contributed by atoms with Crippen molar-refractivity contribution in [1.29, 1.82) is 0 Å². The van der Waals surface area contributed by atoms with Gasteiger partial charge in [0.2, 0.25) is 0 Å². The van der Waals surface area contributed by atoms with Crippen molar-refractivity contribution in [1.82, 2.24) is 0 Å². The molecular formula is C22H48O7S. The van der Waals surface area contributed by atoms with Gasteiger partial charge in [-0.1, -0.05) is 104 Å². The van der Waals surface area contributed by atoms with Gasteiger partial charge >= 0.3 is 10.4 Å². The highest BCUT2D eigenvalue weighted by Gasteiger charge is 2.08. The molecule has 8 heteroatoms. The minimum atomic E-state index is -4.67. The lowest BCUT2D eigenvalue weighted by molar-refractivity contribution is -0.0129. The van der Waals surface area contributed by atoms with Gasteiger partial charge in [0.25, 0.3) is 0 Å². The van der Waals surface area contributed by atoms with Gasteiger partial charge in [-0.05, 0) is 12.8 Å². The summed E-state index contributed by atoms with van der Waals surface area (Å²) < 4.78 is 37.1. The lowest BCUT2D eigenvalue weighted by atomic mass is 10.1. The first-order chi connectivity index (χ1) is 14.2. The summed E-state index contributed by atoms with van der Waals surface area (Å²) in [5.41, 5.74) is 0. The third-order valence-electron chi connectivity index (χ3n) is 4.90. The van der Waals surface area contributed by atoms with Crippen LogP contribution >= 0.6 is 0 Å². The fourth-order valence-electron chi connectivity index (χ4n) is 3.18. The van der Waals surface area contributed by atoms with Crippen LogP contribution in [0.4, 0.5) is 0 Å². The number of hydrogen-bond donors (Lipinski definition) is 4. The van der Waals surface area contributed by atoms with E-state index in [-0.39, 0.29) is 12.2 Å². The Morgan fingerprint density at radius 1 is 0.600 bits per heavy atom. The summed E-state index contributed by atoms with van der Waals surface area (Å²) in [7, 11) is -4.67. The molecule has 0 bridgehead atoms. The van der Waals surface area contributed by atoms with E-state index in [1.807, 2.05) is 0 Å². The van der Waals surface area contributed by atoms with E-state index in [2.05, 4.69) is 13.8 Å². The van der Waals surface area contributed by atoms with Crippen LogP contribution in [0.5, 0.6) is 0 Å². The monoisotopic (exact) mass is 456 g/mol. The van der Waals surface area contributed by atoms with Crippen molar-refractivity contribution in [3.8, 4) is 0 Å². The van der Waals surface area contributed by atoms with E-state index in [0.29, 0.717) is 13.2 Å². The quantitative estimate of drug-likeness (QED) is 0.144. The molecule has 0 spiro atoms. The summed E-state index contributed by atoms with van der Waals surface area (Å²) in [4.78, 5) is 0. The number of aliphatic hydroxyl groups excluding tert-OH is 2. The van der Waals surface area contributed by atoms with Crippen LogP contribution < -0.4 is 0 Å². The van der Waals surface area contributed by atoms with Crippen molar-refractivity contribution >= 4 is 10.4 Å². The number of hydrogen-bond acceptors (Lipinski definition) is 5. The van der Waals surface area contributed by atoms with Gasteiger partial charge in [0.05, 0.1) is 25.4 Å². The van der Waals surface area contributed by atoms with Gasteiger partial charge in [0.1, 0.15) is 0 Å². The van der Waals surface area contributed by atoms with Crippen LogP contribution in [0.3, 0.4) is 0 Å². The van der Waals surface area contributed by atoms with Gasteiger partial charge in [-0.15, -0.1) is 0 Å². The molecule has 0 saturated heterocycles. The minimum Gasteiger partial charge on any atom is -0.391 e. The molecule has 184 valence electrons. The van der Waals surface area contributed by atoms with E-state index in [0.717, 1.165) is 25.7 Å². The van der Waals surface area contributed by atoms with Gasteiger partial charge in [-0.25, -0.2) is 0 Å². The molecule has 4 N–H and O–H groups in total. The van der Waals surface area contributed by atoms with E-state index in [1.54, 1.807) is 0 Å². The average Bonchev–Trinajstić information content (AvgIpc) is 2.65. The zero-order chi connectivity index (χ0) is 23.1. The van der Waals surface area contributed by atoms with Crippen LogP contribution in [-0.2, 0) is 15.1 Å². The molecule has 0 fully saturated rings. The molecule has 0 radical (unpaired) electrons. The largest absolute Gasteiger partial charge is 0.394 e. The molecule has 0 aromatic carbocycles. The van der Waals surface area contributed by atoms with Gasteiger partial charge in [-0.2, -0.15) is 8.42 Å². The lowest BCUT2D eigenvalue weighted by Gasteiger charge is -2.14. The highest BCUT2D eigenvalue weighted by molar-refractivity contribution is 7.79. The van der Waals surface area contributed by atoms with Crippen molar-refractivity contribution in [2.45, 2.75) is 129 Å². The summed E-state index contributed by atoms with van der Waals surface area (Å²) in [6.45, 7) is 5.21. The molecule has 0 aliphatic heterocycles. The highest BCUT2D eigenvalue weighted by atomic mass is 32.3. The smallest absolute Gasteiger partial charge is 0.391 e. The van der Waals surface area contributed by atoms with Gasteiger partial charge < -0.3 is 14.9 Å². The van der Waals surface area contributed by atoms with E-state index in [4.69, 9.17) is 22.3 Å². The number of unbranched alkanes of at least 4 members (excludes halogenated alkanes) is 12. The molecule has 0 heterocycles. The SMILES string of the molecule is CCCCCCCCCC(O)COCC(O)CCCCCCCCC.O=S(=O)(O)O. The van der Waals surface area contributed by atoms with Crippen molar-refractivity contribution in [3.63, 3.8) is 0 Å². The second kappa shape index (κ2) is 23.4. The summed E-state index contributed by atoms with van der Waals surface area (Å²) in [6, 6.07) is 0. The van der Waals surface area contributed by atoms with E-state index in [9.17, 15) is 10.2 Å². The first-order valence-corrected chi connectivity index (χ1v) is 13.2. The van der Waals surface area contributed by atoms with Crippen molar-refractivity contribution in [2.75, 3.05) is 13.2 Å². The van der Waals surface area contributed by atoms with Gasteiger partial charge in [0, 0.05) is 0 Å². The van der Waals surface area contributed by atoms with Crippen LogP contribution in [0.15, 0.2) is 0 Å². The fraction of sp³-hybridized carbons (Fsp3) is 1.00. The van der Waals surface area contributed by atoms with Crippen LogP contribution in [0.25, 0.3) is 0 Å². The first-order valence-electron chi connectivity index (χ1n) is 11.8. The molecule has 7 nitrogen and oxygen atoms in total. The predicted octanol–water partition coefficient (Wildman–Crippen LogP) is 5.35. The molecule has 0 aliphatic rings. The van der Waals surface area contributed by atoms with Crippen LogP contribution in [-0.4, -0.2) is 53.2 Å². The molecule has 2 atom stereocenters. The molecule has 0 aromatic rings. The van der Waals surface area contributed by atoms with Gasteiger partial charge in [0.15, 0.2) is 0 Å². The summed E-state index contributed by atoms with van der Waals surface area (Å²) in [5.74, 6) is 0. The predicted molar refractivity (Wildman–Crippen MR) is 122 cm³/mol. The normalized spacial score (nSPS) is 13.5. The first kappa shape index (κ1) is 31.9. The maximum atomic E-state index is 9.91. The standard InChI is InChI=1S/C22H46O3.H2O4S/c1-3-5-7-9-11-13-15-17-21(23)19-25-20-22(24)18-16-14-12-10-8-6-4-2;1-5(2,3)4/h21-24H,3-20H2,1-2H3;(H2,1,2,3,4). The molecule has 0 rings (SSSR count). The maximum Gasteiger partial charge on any atom is 0.394 e. The highest BCUT2D eigenvalue weighted by Crippen LogP contribution is 2.11. The van der Waals surface area contributed by atoms with Crippen LogP contribution in [0.1, 0.15) is 117 Å². The molecule has 0 amide bonds. The van der Waals surface area contributed by atoms with Crippen molar-refractivity contribution < 1.29 is 32.5 Å². The fourth-order valence-corrected chi connectivity index (χ4v) is 3.18. The summed E-state index contributed by atoms with van der Waals surface area (Å²) in [6.07, 6.45) is 18.7. The number of ether oxygens (including phenoxy) is 1. The molecule has 2 unspecified atom stereocenters. The third-order valence-corrected chi connectivity index (χ3v) is 4.90. The second-order valence-corrected chi connectivity index (χ2v) is 9.01. The third kappa shape index (κ3) is 35.2. The Hall–Kier alpha value is -0.250. The van der Waals surface area contributed by atoms with Crippen molar-refractivity contribution in [3.05, 3.63) is 0 Å². The average molecular weight is 457 g/mol. The Labute approximate surface area is 185 Å². The molecule has 30 heavy (non-hydrogen) atoms. The number of rotatable bonds is 20. The molecule has 0 saturated carbocycles. The van der Waals surface area contributed by atoms with Gasteiger partial charge in [-0.3, -0.25) is 9.11 Å². The summed E-state index contributed by atoms with van der Waals surface area (Å²) >= 11 is 0. The Morgan fingerprint density at radius 3 is 1.17 bits per heavy atom. The maximum absolute atomic E-state index is 9.91. The molecular weight excluding hydrogens is 408 g/mol. The second-order valence-electron chi connectivity index (χ2n) is 8.11. The zero-order valence-electron chi connectivity index (χ0n) is 19.3. The van der Waals surface area contributed by atoms with E-state index < -0.39 is 10.4 Å². The zero-order valence-corrected chi connectivity index (χ0v) is 20.1. The van der Waals surface area contributed by atoms with E-state index >= 15 is 0 Å². The summed E-state index contributed by atoms with van der Waals surface area (Å²) in [5, 5.41) is 19.8. The van der Waals surface area contributed by atoms with E-state index in [1.165, 1.54) is 77.0 Å². The molecule has 0 aromatic heterocycles. The molecule has 0 aliphatic carbocycles. The van der Waals surface area contributed by atoms with Crippen LogP contribution in [0, 0.1) is 0 Å². The van der Waals surface area contributed by atoms with Crippen molar-refractivity contribution in [2.24, 2.45) is 0 Å². The minimum absolute atomic E-state index is 0.365. The Balaban J connectivity index is 0. The Bertz CT molecular complexity index is 397. The van der Waals surface area contributed by atoms with Crippen LogP contribution in [0.2, 0.25) is 0 Å². The Kier molecular flexibility index (Phi) is 24.9. The Morgan fingerprint density at radius 2 is 0.867 bits per heavy atom. The number of aliphatic hydroxyl groups is 2.